The van der Waals surface area contributed by atoms with Crippen molar-refractivity contribution >= 4 is 87.2 Å². The van der Waals surface area contributed by atoms with Crippen LogP contribution < -0.4 is 0 Å². The van der Waals surface area contributed by atoms with Crippen molar-refractivity contribution in [3.05, 3.63) is 284 Å². The minimum atomic E-state index is -4.87. The van der Waals surface area contributed by atoms with E-state index in [1.54, 1.807) is 47.2 Å². The van der Waals surface area contributed by atoms with Crippen molar-refractivity contribution in [1.29, 1.82) is 5.26 Å². The topological polar surface area (TPSA) is 43.5 Å². The lowest BCUT2D eigenvalue weighted by molar-refractivity contribution is -0.138. The quantitative estimate of drug-likeness (QED) is 0.153. The maximum absolute atomic E-state index is 15.7. The molecule has 0 amide bonds. The van der Waals surface area contributed by atoms with Gasteiger partial charge < -0.3 is 18.3 Å². The number of aromatic nitrogens is 4. The van der Waals surface area contributed by atoms with Crippen LogP contribution >= 0.6 is 0 Å². The molecule has 16 aromatic rings. The van der Waals surface area contributed by atoms with E-state index in [0.29, 0.717) is 55.7 Å². The Kier molecular flexibility index (Phi) is 15.2. The Hall–Kier alpha value is -11.3. The number of aryl methyl sites for hydroxylation is 10. The van der Waals surface area contributed by atoms with Crippen LogP contribution in [0.3, 0.4) is 0 Å². The maximum Gasteiger partial charge on any atom is 0.418 e. The molecule has 16 rings (SSSR count). The Balaban J connectivity index is 0.000000163. The summed E-state index contributed by atoms with van der Waals surface area (Å²) in [5.41, 5.74) is 13.0. The Labute approximate surface area is 570 Å². The third-order valence-electron chi connectivity index (χ3n) is 19.6. The first kappa shape index (κ1) is 64.7. The van der Waals surface area contributed by atoms with E-state index < -0.39 is 35.2 Å². The number of halogens is 9. The number of nitriles is 1. The SMILES string of the molecule is Cc1ccc2c3ccc(C)cc3n(-c3cc(-c4c(C)cccc4C(F)(F)F)c(-n4c5cc(C)ccc5c5ccc(C)cc54)cc3C#N)c2c1.Cc1ccc2c3ccc(C)cc3n(-c3cc(C(F)(F)F)c(-n4c5cc(C)ccc5c5ccc(C)cc54)cc3-c3c(C)cccc3C(F)(F)F)c2c1. The van der Waals surface area contributed by atoms with E-state index >= 15 is 13.2 Å². The summed E-state index contributed by atoms with van der Waals surface area (Å²) in [6.07, 6.45) is -14.3. The molecule has 0 aliphatic heterocycles. The van der Waals surface area contributed by atoms with Gasteiger partial charge in [0.1, 0.15) is 6.07 Å². The predicted octanol–water partition coefficient (Wildman–Crippen LogP) is 25.1. The average molecular weight is 1340 g/mol. The first-order valence-corrected chi connectivity index (χ1v) is 32.8. The monoisotopic (exact) mass is 1340 g/mol. The van der Waals surface area contributed by atoms with Crippen molar-refractivity contribution in [3.8, 4) is 51.1 Å². The Morgan fingerprint density at radius 2 is 0.500 bits per heavy atom. The van der Waals surface area contributed by atoms with Crippen LogP contribution in [0, 0.1) is 80.6 Å². The summed E-state index contributed by atoms with van der Waals surface area (Å²) >= 11 is 0. The molecule has 14 heteroatoms. The summed E-state index contributed by atoms with van der Waals surface area (Å²) in [5, 5.41) is 17.9. The molecule has 0 N–H and O–H groups in total. The van der Waals surface area contributed by atoms with Crippen molar-refractivity contribution < 1.29 is 39.5 Å². The van der Waals surface area contributed by atoms with Crippen LogP contribution in [-0.4, -0.2) is 18.3 Å². The van der Waals surface area contributed by atoms with Crippen LogP contribution in [0.1, 0.15) is 77.9 Å². The second-order valence-corrected chi connectivity index (χ2v) is 26.9. The second-order valence-electron chi connectivity index (χ2n) is 26.9. The number of fused-ring (bicyclic) bond motifs is 12. The van der Waals surface area contributed by atoms with Gasteiger partial charge in [-0.3, -0.25) is 0 Å². The minimum absolute atomic E-state index is 0.00945. The Morgan fingerprint density at radius 3 is 0.760 bits per heavy atom. The summed E-state index contributed by atoms with van der Waals surface area (Å²) in [7, 11) is 0. The van der Waals surface area contributed by atoms with Gasteiger partial charge in [-0.25, -0.2) is 0 Å². The molecular formula is C86H64F9N5. The smallest absolute Gasteiger partial charge is 0.309 e. The van der Waals surface area contributed by atoms with Gasteiger partial charge in [0, 0.05) is 54.2 Å². The molecule has 0 spiro atoms. The van der Waals surface area contributed by atoms with E-state index in [2.05, 4.69) is 66.7 Å². The lowest BCUT2D eigenvalue weighted by Crippen LogP contribution is -2.15. The fourth-order valence-electron chi connectivity index (χ4n) is 15.1. The lowest BCUT2D eigenvalue weighted by Gasteiger charge is -2.24. The molecule has 0 fully saturated rings. The van der Waals surface area contributed by atoms with Crippen LogP contribution in [-0.2, 0) is 18.5 Å². The van der Waals surface area contributed by atoms with E-state index in [1.807, 2.05) is 149 Å². The molecule has 0 saturated heterocycles. The molecule has 0 bridgehead atoms. The van der Waals surface area contributed by atoms with Gasteiger partial charge in [0.15, 0.2) is 0 Å². The normalized spacial score (nSPS) is 12.3. The van der Waals surface area contributed by atoms with Crippen molar-refractivity contribution in [2.75, 3.05) is 0 Å². The number of benzene rings is 12. The predicted molar refractivity (Wildman–Crippen MR) is 388 cm³/mol. The van der Waals surface area contributed by atoms with Crippen molar-refractivity contribution in [3.63, 3.8) is 0 Å². The van der Waals surface area contributed by atoms with Gasteiger partial charge in [0.25, 0.3) is 0 Å². The minimum Gasteiger partial charge on any atom is -0.309 e. The zero-order valence-corrected chi connectivity index (χ0v) is 56.3. The third kappa shape index (κ3) is 10.6. The molecule has 0 radical (unpaired) electrons. The van der Waals surface area contributed by atoms with Gasteiger partial charge in [0.05, 0.1) is 89.1 Å². The number of hydrogen-bond donors (Lipinski definition) is 0. The molecule has 100 heavy (non-hydrogen) atoms. The van der Waals surface area contributed by atoms with Crippen molar-refractivity contribution in [2.45, 2.75) is 87.8 Å². The average Bonchev–Trinajstić information content (AvgIpc) is 1.48. The highest BCUT2D eigenvalue weighted by Crippen LogP contribution is 2.50. The number of hydrogen-bond acceptors (Lipinski definition) is 1. The molecule has 12 aromatic carbocycles. The van der Waals surface area contributed by atoms with Crippen molar-refractivity contribution in [1.82, 2.24) is 18.3 Å². The lowest BCUT2D eigenvalue weighted by atomic mass is 9.91. The number of alkyl halides is 9. The first-order valence-electron chi connectivity index (χ1n) is 32.8. The van der Waals surface area contributed by atoms with Gasteiger partial charge in [-0.1, -0.05) is 121 Å². The highest BCUT2D eigenvalue weighted by atomic mass is 19.4. The fraction of sp³-hybridized carbons (Fsp3) is 0.151. The van der Waals surface area contributed by atoms with E-state index in [1.165, 1.54) is 18.2 Å². The molecule has 5 nitrogen and oxygen atoms in total. The van der Waals surface area contributed by atoms with Gasteiger partial charge in [-0.15, -0.1) is 0 Å². The fourth-order valence-corrected chi connectivity index (χ4v) is 15.1. The van der Waals surface area contributed by atoms with E-state index in [9.17, 15) is 31.6 Å². The van der Waals surface area contributed by atoms with Gasteiger partial charge in [-0.05, 0) is 221 Å². The molecule has 4 heterocycles. The zero-order valence-electron chi connectivity index (χ0n) is 56.3. The molecular weight excluding hydrogens is 1270 g/mol. The molecule has 0 aliphatic carbocycles. The summed E-state index contributed by atoms with van der Waals surface area (Å²) in [5.74, 6) is 0. The molecule has 0 atom stereocenters. The van der Waals surface area contributed by atoms with Gasteiger partial charge in [0.2, 0.25) is 0 Å². The standard InChI is InChI=1S/C43H32F6N2.C43H32F3N3/c1-23-9-13-28-29-14-10-24(2)18-36(29)50(35(28)17-23)39-22-34(43(47,48)49)40(21-32(39)41-27(5)7-6-8-33(41)42(44,45)46)51-37-19-25(3)11-15-30(37)31-16-12-26(4)20-38(31)51;1-24-9-13-30-31-14-10-25(2)18-38(31)48(37(30)17-24)36-22-34(42-28(5)7-6-8-35(42)43(44,45)46)41(21-29(36)23-47)49-39-19-26(3)11-15-32(39)33-16-12-27(4)20-40(33)49/h6-22H,1-5H3;6-22H,1-5H3. The summed E-state index contributed by atoms with van der Waals surface area (Å²) in [4.78, 5) is 0. The van der Waals surface area contributed by atoms with Crippen LogP contribution in [0.15, 0.2) is 206 Å². The summed E-state index contributed by atoms with van der Waals surface area (Å²) in [6, 6.07) is 64.0. The van der Waals surface area contributed by atoms with Crippen LogP contribution in [0.25, 0.3) is 132 Å². The molecule has 496 valence electrons. The molecule has 0 unspecified atom stereocenters. The highest BCUT2D eigenvalue weighted by Gasteiger charge is 2.40. The van der Waals surface area contributed by atoms with E-state index in [0.717, 1.165) is 128 Å². The zero-order chi connectivity index (χ0) is 70.5. The van der Waals surface area contributed by atoms with E-state index in [-0.39, 0.29) is 28.1 Å². The van der Waals surface area contributed by atoms with Gasteiger partial charge in [-0.2, -0.15) is 44.8 Å². The molecule has 0 aliphatic rings. The Morgan fingerprint density at radius 1 is 0.260 bits per heavy atom. The number of rotatable bonds is 6. The Bertz CT molecular complexity index is 5950. The summed E-state index contributed by atoms with van der Waals surface area (Å²) < 4.78 is 144. The van der Waals surface area contributed by atoms with Crippen LogP contribution in [0.4, 0.5) is 39.5 Å². The van der Waals surface area contributed by atoms with Crippen LogP contribution in [0.5, 0.6) is 0 Å². The molecule has 0 saturated carbocycles. The third-order valence-corrected chi connectivity index (χ3v) is 19.6. The summed E-state index contributed by atoms with van der Waals surface area (Å²) in [6.45, 7) is 18.8. The second kappa shape index (κ2) is 23.4. The first-order chi connectivity index (χ1) is 47.6. The maximum atomic E-state index is 15.7. The highest BCUT2D eigenvalue weighted by molar-refractivity contribution is 6.14. The number of nitrogens with zero attached hydrogens (tertiary/aromatic N) is 5. The van der Waals surface area contributed by atoms with Crippen LogP contribution in [0.2, 0.25) is 0 Å². The largest absolute Gasteiger partial charge is 0.418 e. The van der Waals surface area contributed by atoms with E-state index in [4.69, 9.17) is 0 Å². The molecule has 4 aromatic heterocycles. The van der Waals surface area contributed by atoms with Gasteiger partial charge >= 0.3 is 18.5 Å². The van der Waals surface area contributed by atoms with Crippen molar-refractivity contribution in [2.24, 2.45) is 0 Å².